The average molecular weight is 224 g/mol. The molecule has 0 atom stereocenters. The highest BCUT2D eigenvalue weighted by atomic mass is 19.3. The van der Waals surface area contributed by atoms with Crippen molar-refractivity contribution in [2.24, 2.45) is 0 Å². The number of benzene rings is 1. The molecule has 0 spiro atoms. The Labute approximate surface area is 95.7 Å². The molecule has 1 aromatic carbocycles. The Hall–Kier alpha value is -0.920. The standard InChI is InChI=1S/C14H18F2/c1-13(15,16)14(10-6-3-7-11-14)12-8-4-2-5-9-12/h2,4-5,8-9H,3,6-7,10-11H2,1H3. The van der Waals surface area contributed by atoms with Crippen molar-refractivity contribution >= 4 is 0 Å². The fraction of sp³-hybridized carbons (Fsp3) is 0.571. The molecule has 2 rings (SSSR count). The van der Waals surface area contributed by atoms with Crippen molar-refractivity contribution in [3.05, 3.63) is 35.9 Å². The van der Waals surface area contributed by atoms with Gasteiger partial charge in [-0.2, -0.15) is 0 Å². The lowest BCUT2D eigenvalue weighted by Crippen LogP contribution is -2.44. The third kappa shape index (κ3) is 1.85. The van der Waals surface area contributed by atoms with E-state index in [0.29, 0.717) is 12.8 Å². The normalized spacial score (nSPS) is 20.7. The van der Waals surface area contributed by atoms with E-state index in [-0.39, 0.29) is 0 Å². The maximum Gasteiger partial charge on any atom is 0.254 e. The van der Waals surface area contributed by atoms with Gasteiger partial charge >= 0.3 is 0 Å². The summed E-state index contributed by atoms with van der Waals surface area (Å²) in [5, 5.41) is 0. The number of halogens is 2. The summed E-state index contributed by atoms with van der Waals surface area (Å²) in [6.07, 6.45) is 4.14. The summed E-state index contributed by atoms with van der Waals surface area (Å²) in [7, 11) is 0. The van der Waals surface area contributed by atoms with Crippen molar-refractivity contribution in [3.8, 4) is 0 Å². The molecule has 0 aliphatic heterocycles. The smallest absolute Gasteiger partial charge is 0.206 e. The lowest BCUT2D eigenvalue weighted by Gasteiger charge is -2.42. The fourth-order valence-electron chi connectivity index (χ4n) is 2.89. The van der Waals surface area contributed by atoms with Crippen molar-refractivity contribution in [2.45, 2.75) is 50.4 Å². The summed E-state index contributed by atoms with van der Waals surface area (Å²) in [6.45, 7) is 1.07. The van der Waals surface area contributed by atoms with E-state index in [0.717, 1.165) is 31.7 Å². The second-order valence-electron chi connectivity index (χ2n) is 4.90. The summed E-state index contributed by atoms with van der Waals surface area (Å²) < 4.78 is 27.9. The van der Waals surface area contributed by atoms with E-state index < -0.39 is 11.3 Å². The van der Waals surface area contributed by atoms with Crippen LogP contribution in [0.15, 0.2) is 30.3 Å². The molecule has 0 N–H and O–H groups in total. The zero-order chi connectivity index (χ0) is 11.6. The first-order valence-corrected chi connectivity index (χ1v) is 6.00. The van der Waals surface area contributed by atoms with E-state index in [9.17, 15) is 8.78 Å². The first kappa shape index (κ1) is 11.6. The number of hydrogen-bond acceptors (Lipinski definition) is 0. The molecule has 88 valence electrons. The van der Waals surface area contributed by atoms with Crippen LogP contribution in [0.2, 0.25) is 0 Å². The maximum absolute atomic E-state index is 13.9. The summed E-state index contributed by atoms with van der Waals surface area (Å²) in [5.74, 6) is -2.63. The molecule has 0 unspecified atom stereocenters. The summed E-state index contributed by atoms with van der Waals surface area (Å²) in [5.41, 5.74) is -0.117. The largest absolute Gasteiger partial charge is 0.254 e. The number of alkyl halides is 2. The predicted molar refractivity (Wildman–Crippen MR) is 61.8 cm³/mol. The minimum Gasteiger partial charge on any atom is -0.206 e. The third-order valence-corrected chi connectivity index (χ3v) is 3.87. The zero-order valence-electron chi connectivity index (χ0n) is 9.68. The molecule has 1 aromatic rings. The molecule has 1 aliphatic rings. The van der Waals surface area contributed by atoms with Crippen LogP contribution < -0.4 is 0 Å². The molecule has 0 saturated heterocycles. The summed E-state index contributed by atoms with van der Waals surface area (Å²) >= 11 is 0. The monoisotopic (exact) mass is 224 g/mol. The van der Waals surface area contributed by atoms with Crippen LogP contribution in [0.25, 0.3) is 0 Å². The van der Waals surface area contributed by atoms with E-state index >= 15 is 0 Å². The highest BCUT2D eigenvalue weighted by Gasteiger charge is 2.50. The van der Waals surface area contributed by atoms with Crippen LogP contribution in [0, 0.1) is 0 Å². The van der Waals surface area contributed by atoms with Gasteiger partial charge in [-0.1, -0.05) is 49.6 Å². The topological polar surface area (TPSA) is 0 Å². The zero-order valence-corrected chi connectivity index (χ0v) is 9.68. The molecule has 0 radical (unpaired) electrons. The minimum absolute atomic E-state index is 0.612. The van der Waals surface area contributed by atoms with Crippen molar-refractivity contribution in [1.82, 2.24) is 0 Å². The van der Waals surface area contributed by atoms with Crippen LogP contribution in [0.5, 0.6) is 0 Å². The van der Waals surface area contributed by atoms with Gasteiger partial charge in [0.25, 0.3) is 5.92 Å². The molecule has 2 heteroatoms. The van der Waals surface area contributed by atoms with Crippen molar-refractivity contribution in [1.29, 1.82) is 0 Å². The van der Waals surface area contributed by atoms with E-state index in [2.05, 4.69) is 0 Å². The predicted octanol–water partition coefficient (Wildman–Crippen LogP) is 4.54. The Morgan fingerprint density at radius 2 is 1.56 bits per heavy atom. The van der Waals surface area contributed by atoms with Gasteiger partial charge in [0.05, 0.1) is 5.41 Å². The van der Waals surface area contributed by atoms with Crippen LogP contribution in [0.4, 0.5) is 8.78 Å². The Morgan fingerprint density at radius 1 is 1.00 bits per heavy atom. The van der Waals surface area contributed by atoms with Crippen molar-refractivity contribution in [2.75, 3.05) is 0 Å². The molecule has 0 nitrogen and oxygen atoms in total. The average Bonchev–Trinajstić information content (AvgIpc) is 2.30. The molecule has 0 heterocycles. The van der Waals surface area contributed by atoms with E-state index in [1.165, 1.54) is 0 Å². The molecule has 1 aliphatic carbocycles. The highest BCUT2D eigenvalue weighted by molar-refractivity contribution is 5.28. The van der Waals surface area contributed by atoms with Crippen LogP contribution in [0.3, 0.4) is 0 Å². The summed E-state index contributed by atoms with van der Waals surface area (Å²) in [4.78, 5) is 0. The maximum atomic E-state index is 13.9. The van der Waals surface area contributed by atoms with Gasteiger partial charge in [-0.15, -0.1) is 0 Å². The third-order valence-electron chi connectivity index (χ3n) is 3.87. The Kier molecular flexibility index (Phi) is 3.00. The Balaban J connectivity index is 2.42. The Bertz CT molecular complexity index is 332. The minimum atomic E-state index is -2.63. The van der Waals surface area contributed by atoms with Gasteiger partial charge in [-0.3, -0.25) is 0 Å². The molecule has 1 saturated carbocycles. The van der Waals surface area contributed by atoms with Gasteiger partial charge in [0, 0.05) is 6.92 Å². The lowest BCUT2D eigenvalue weighted by molar-refractivity contribution is -0.0777. The highest BCUT2D eigenvalue weighted by Crippen LogP contribution is 2.49. The van der Waals surface area contributed by atoms with Gasteiger partial charge in [0.15, 0.2) is 0 Å². The van der Waals surface area contributed by atoms with Crippen LogP contribution in [-0.4, -0.2) is 5.92 Å². The molecule has 1 fully saturated rings. The van der Waals surface area contributed by atoms with Gasteiger partial charge in [0.1, 0.15) is 0 Å². The van der Waals surface area contributed by atoms with Crippen LogP contribution >= 0.6 is 0 Å². The lowest BCUT2D eigenvalue weighted by atomic mass is 9.66. The molecular weight excluding hydrogens is 206 g/mol. The second-order valence-corrected chi connectivity index (χ2v) is 4.90. The van der Waals surface area contributed by atoms with Gasteiger partial charge in [0.2, 0.25) is 0 Å². The SMILES string of the molecule is CC(F)(F)C1(c2ccccc2)CCCCC1. The quantitative estimate of drug-likeness (QED) is 0.691. The summed E-state index contributed by atoms with van der Waals surface area (Å²) in [6, 6.07) is 9.30. The van der Waals surface area contributed by atoms with E-state index in [1.807, 2.05) is 30.3 Å². The van der Waals surface area contributed by atoms with Gasteiger partial charge < -0.3 is 0 Å². The van der Waals surface area contributed by atoms with Gasteiger partial charge in [-0.25, -0.2) is 8.78 Å². The first-order chi connectivity index (χ1) is 7.56. The second kappa shape index (κ2) is 4.15. The first-order valence-electron chi connectivity index (χ1n) is 6.00. The fourth-order valence-corrected chi connectivity index (χ4v) is 2.89. The van der Waals surface area contributed by atoms with Crippen LogP contribution in [-0.2, 0) is 5.41 Å². The van der Waals surface area contributed by atoms with Crippen LogP contribution in [0.1, 0.15) is 44.6 Å². The van der Waals surface area contributed by atoms with E-state index in [4.69, 9.17) is 0 Å². The van der Waals surface area contributed by atoms with Gasteiger partial charge in [-0.05, 0) is 18.4 Å². The van der Waals surface area contributed by atoms with Crippen molar-refractivity contribution < 1.29 is 8.78 Å². The molecular formula is C14H18F2. The van der Waals surface area contributed by atoms with E-state index in [1.54, 1.807) is 0 Å². The molecule has 0 bridgehead atoms. The molecule has 0 amide bonds. The molecule has 0 aromatic heterocycles. The number of hydrogen-bond donors (Lipinski definition) is 0. The number of rotatable bonds is 2. The molecule has 16 heavy (non-hydrogen) atoms. The van der Waals surface area contributed by atoms with Crippen molar-refractivity contribution in [3.63, 3.8) is 0 Å². The Morgan fingerprint density at radius 3 is 2.06 bits per heavy atom.